The average Bonchev–Trinajstić information content (AvgIpc) is 3.04. The molecule has 1 saturated heterocycles. The summed E-state index contributed by atoms with van der Waals surface area (Å²) in [5.74, 6) is 0.576. The van der Waals surface area contributed by atoms with Crippen LogP contribution in [0.4, 0.5) is 10.5 Å². The molecule has 2 amide bonds. The predicted octanol–water partition coefficient (Wildman–Crippen LogP) is 3.60. The van der Waals surface area contributed by atoms with Gasteiger partial charge in [0, 0.05) is 49.8 Å². The molecule has 3 aromatic rings. The maximum atomic E-state index is 13.3. The number of nitrogens with zero attached hydrogens (tertiary/aromatic N) is 3. The van der Waals surface area contributed by atoms with Crippen LogP contribution in [0.15, 0.2) is 59.6 Å². The second-order valence-corrected chi connectivity index (χ2v) is 9.64. The van der Waals surface area contributed by atoms with Crippen LogP contribution in [0, 0.1) is 0 Å². The van der Waals surface area contributed by atoms with Gasteiger partial charge >= 0.3 is 6.03 Å². The molecule has 0 radical (unpaired) electrons. The van der Waals surface area contributed by atoms with Gasteiger partial charge in [0.25, 0.3) is 0 Å². The molecule has 4 rings (SSSR count). The van der Waals surface area contributed by atoms with Crippen molar-refractivity contribution < 1.29 is 17.9 Å². The van der Waals surface area contributed by atoms with Crippen molar-refractivity contribution in [3.8, 4) is 5.75 Å². The average molecular weight is 457 g/mol. The first-order chi connectivity index (χ1) is 15.4. The number of nitrogens with one attached hydrogen (secondary N) is 1. The van der Waals surface area contributed by atoms with Gasteiger partial charge in [-0.1, -0.05) is 12.1 Å². The number of fused-ring (bicyclic) bond motifs is 1. The lowest BCUT2D eigenvalue weighted by Crippen LogP contribution is -2.39. The van der Waals surface area contributed by atoms with Crippen molar-refractivity contribution in [3.63, 3.8) is 0 Å². The van der Waals surface area contributed by atoms with Crippen LogP contribution in [0.5, 0.6) is 5.75 Å². The van der Waals surface area contributed by atoms with E-state index in [9.17, 15) is 13.2 Å². The van der Waals surface area contributed by atoms with E-state index in [1.54, 1.807) is 36.3 Å². The Hall–Kier alpha value is -3.04. The summed E-state index contributed by atoms with van der Waals surface area (Å²) in [5.41, 5.74) is 1.60. The van der Waals surface area contributed by atoms with Gasteiger partial charge in [-0.25, -0.2) is 13.2 Å². The molecule has 1 fully saturated rings. The van der Waals surface area contributed by atoms with Crippen molar-refractivity contribution in [1.82, 2.24) is 13.8 Å². The number of amides is 2. The van der Waals surface area contributed by atoms with Crippen molar-refractivity contribution >= 4 is 32.6 Å². The number of urea groups is 1. The number of para-hydroxylation sites is 2. The van der Waals surface area contributed by atoms with Crippen LogP contribution in [0.1, 0.15) is 13.3 Å². The Kier molecular flexibility index (Phi) is 6.38. The second kappa shape index (κ2) is 9.22. The van der Waals surface area contributed by atoms with E-state index in [1.807, 2.05) is 30.5 Å². The zero-order chi connectivity index (χ0) is 22.7. The van der Waals surface area contributed by atoms with E-state index < -0.39 is 10.0 Å². The van der Waals surface area contributed by atoms with Gasteiger partial charge in [0.2, 0.25) is 10.0 Å². The van der Waals surface area contributed by atoms with Crippen molar-refractivity contribution in [3.05, 3.63) is 54.7 Å². The van der Waals surface area contributed by atoms with E-state index in [-0.39, 0.29) is 17.5 Å². The predicted molar refractivity (Wildman–Crippen MR) is 125 cm³/mol. The molecule has 1 aliphatic heterocycles. The number of benzene rings is 2. The first-order valence-electron chi connectivity index (χ1n) is 10.7. The van der Waals surface area contributed by atoms with E-state index in [0.29, 0.717) is 37.5 Å². The summed E-state index contributed by atoms with van der Waals surface area (Å²) >= 11 is 0. The third-order valence-electron chi connectivity index (χ3n) is 5.81. The van der Waals surface area contributed by atoms with Crippen LogP contribution >= 0.6 is 0 Å². The van der Waals surface area contributed by atoms with Crippen LogP contribution in [-0.2, 0) is 16.6 Å². The van der Waals surface area contributed by atoms with Crippen molar-refractivity contribution in [2.45, 2.75) is 24.8 Å². The number of carbonyl (C=O) groups excluding carboxylic acids is 1. The topological polar surface area (TPSA) is 83.9 Å². The second-order valence-electron chi connectivity index (χ2n) is 7.70. The van der Waals surface area contributed by atoms with Gasteiger partial charge in [-0.2, -0.15) is 4.31 Å². The molecular formula is C23H28N4O4S. The Bertz CT molecular complexity index is 1220. The Balaban J connectivity index is 1.47. The number of hydrogen-bond donors (Lipinski definition) is 1. The Morgan fingerprint density at radius 1 is 1.06 bits per heavy atom. The standard InChI is InChI=1S/C23H28N4O4S/c1-3-25-14-11-18-17-19(9-10-21(18)25)32(29,30)27-13-6-12-26(15-16-27)23(28)24-20-7-4-5-8-22(20)31-2/h4-5,7-11,14,17H,3,6,12-13,15-16H2,1-2H3,(H,24,28). The maximum Gasteiger partial charge on any atom is 0.321 e. The fraction of sp³-hybridized carbons (Fsp3) is 0.348. The minimum absolute atomic E-state index is 0.246. The van der Waals surface area contributed by atoms with Gasteiger partial charge in [-0.05, 0) is 49.7 Å². The molecule has 0 unspecified atom stereocenters. The summed E-state index contributed by atoms with van der Waals surface area (Å²) < 4.78 is 35.4. The van der Waals surface area contributed by atoms with E-state index in [2.05, 4.69) is 16.8 Å². The molecule has 32 heavy (non-hydrogen) atoms. The number of methoxy groups -OCH3 is 1. The first-order valence-corrected chi connectivity index (χ1v) is 12.2. The minimum Gasteiger partial charge on any atom is -0.495 e. The van der Waals surface area contributed by atoms with Crippen LogP contribution in [0.2, 0.25) is 0 Å². The number of ether oxygens (including phenoxy) is 1. The van der Waals surface area contributed by atoms with Crippen LogP contribution < -0.4 is 10.1 Å². The van der Waals surface area contributed by atoms with Crippen molar-refractivity contribution in [2.24, 2.45) is 0 Å². The molecule has 1 N–H and O–H groups in total. The van der Waals surface area contributed by atoms with E-state index in [4.69, 9.17) is 4.74 Å². The largest absolute Gasteiger partial charge is 0.495 e. The number of carbonyl (C=O) groups is 1. The molecule has 170 valence electrons. The molecule has 1 aromatic heterocycles. The van der Waals surface area contributed by atoms with Gasteiger partial charge < -0.3 is 19.5 Å². The summed E-state index contributed by atoms with van der Waals surface area (Å²) in [4.78, 5) is 14.7. The molecule has 0 aliphatic carbocycles. The normalized spacial score (nSPS) is 15.5. The number of anilines is 1. The third-order valence-corrected chi connectivity index (χ3v) is 7.71. The van der Waals surface area contributed by atoms with Crippen LogP contribution in [-0.4, -0.2) is 61.5 Å². The van der Waals surface area contributed by atoms with Gasteiger partial charge in [-0.3, -0.25) is 0 Å². The molecule has 0 saturated carbocycles. The SMILES string of the molecule is CCn1ccc2cc(S(=O)(=O)N3CCCN(C(=O)Nc4ccccc4OC)CC3)ccc21. The van der Waals surface area contributed by atoms with Crippen molar-refractivity contribution in [2.75, 3.05) is 38.6 Å². The summed E-state index contributed by atoms with van der Waals surface area (Å²) in [6, 6.07) is 14.1. The number of hydrogen-bond acceptors (Lipinski definition) is 4. The zero-order valence-corrected chi connectivity index (χ0v) is 19.1. The Morgan fingerprint density at radius 3 is 2.66 bits per heavy atom. The molecule has 2 heterocycles. The van der Waals surface area contributed by atoms with E-state index in [1.165, 1.54) is 4.31 Å². The lowest BCUT2D eigenvalue weighted by atomic mass is 10.2. The zero-order valence-electron chi connectivity index (χ0n) is 18.3. The summed E-state index contributed by atoms with van der Waals surface area (Å²) in [6.07, 6.45) is 2.53. The summed E-state index contributed by atoms with van der Waals surface area (Å²) in [6.45, 7) is 4.29. The Labute approximate surface area is 188 Å². The lowest BCUT2D eigenvalue weighted by Gasteiger charge is -2.22. The highest BCUT2D eigenvalue weighted by Gasteiger charge is 2.28. The van der Waals surface area contributed by atoms with E-state index >= 15 is 0 Å². The fourth-order valence-corrected chi connectivity index (χ4v) is 5.55. The molecular weight excluding hydrogens is 428 g/mol. The van der Waals surface area contributed by atoms with E-state index in [0.717, 1.165) is 17.4 Å². The number of aromatic nitrogens is 1. The monoisotopic (exact) mass is 456 g/mol. The highest BCUT2D eigenvalue weighted by Crippen LogP contribution is 2.25. The summed E-state index contributed by atoms with van der Waals surface area (Å²) in [5, 5.41) is 3.77. The summed E-state index contributed by atoms with van der Waals surface area (Å²) in [7, 11) is -2.10. The molecule has 8 nitrogen and oxygen atoms in total. The van der Waals surface area contributed by atoms with Crippen LogP contribution in [0.25, 0.3) is 10.9 Å². The molecule has 9 heteroatoms. The highest BCUT2D eigenvalue weighted by atomic mass is 32.2. The van der Waals surface area contributed by atoms with Crippen LogP contribution in [0.3, 0.4) is 0 Å². The van der Waals surface area contributed by atoms with Gasteiger partial charge in [0.15, 0.2) is 0 Å². The van der Waals surface area contributed by atoms with Gasteiger partial charge in [0.1, 0.15) is 5.75 Å². The molecule has 0 bridgehead atoms. The molecule has 0 atom stereocenters. The third kappa shape index (κ3) is 4.31. The number of sulfonamides is 1. The quantitative estimate of drug-likeness (QED) is 0.636. The smallest absolute Gasteiger partial charge is 0.321 e. The van der Waals surface area contributed by atoms with Gasteiger partial charge in [-0.15, -0.1) is 0 Å². The maximum absolute atomic E-state index is 13.3. The minimum atomic E-state index is -3.65. The highest BCUT2D eigenvalue weighted by molar-refractivity contribution is 7.89. The molecule has 1 aliphatic rings. The molecule has 2 aromatic carbocycles. The Morgan fingerprint density at radius 2 is 1.88 bits per heavy atom. The van der Waals surface area contributed by atoms with Crippen molar-refractivity contribution in [1.29, 1.82) is 0 Å². The molecule has 0 spiro atoms. The van der Waals surface area contributed by atoms with Gasteiger partial charge in [0.05, 0.1) is 17.7 Å². The lowest BCUT2D eigenvalue weighted by molar-refractivity contribution is 0.214. The fourth-order valence-electron chi connectivity index (χ4n) is 4.04. The number of aryl methyl sites for hydroxylation is 1. The first kappa shape index (κ1) is 22.2. The number of rotatable bonds is 5.